The third kappa shape index (κ3) is 2.59. The van der Waals surface area contributed by atoms with Crippen molar-refractivity contribution < 1.29 is 9.47 Å². The number of para-hydroxylation sites is 1. The number of rotatable bonds is 3. The van der Waals surface area contributed by atoms with Crippen molar-refractivity contribution in [2.45, 2.75) is 32.4 Å². The van der Waals surface area contributed by atoms with Crippen LogP contribution in [-0.2, 0) is 21.6 Å². The third-order valence-electron chi connectivity index (χ3n) is 5.47. The van der Waals surface area contributed by atoms with E-state index >= 15 is 0 Å². The van der Waals surface area contributed by atoms with Crippen molar-refractivity contribution in [2.24, 2.45) is 0 Å². The smallest absolute Gasteiger partial charge is 0.107 e. The van der Waals surface area contributed by atoms with Gasteiger partial charge in [0.15, 0.2) is 0 Å². The molecule has 3 heterocycles. The highest BCUT2D eigenvalue weighted by molar-refractivity contribution is 5.85. The standard InChI is InChI=1S/C19H26N2O2/c1-15-16-5-3-4-6-17(16)21-11-14-23-19(2,18(15)21)7-8-20-9-12-22-13-10-20/h3-6H,7-14H2,1-2H3. The van der Waals surface area contributed by atoms with Gasteiger partial charge >= 0.3 is 0 Å². The summed E-state index contributed by atoms with van der Waals surface area (Å²) in [6, 6.07) is 8.74. The van der Waals surface area contributed by atoms with Crippen LogP contribution in [0.4, 0.5) is 0 Å². The van der Waals surface area contributed by atoms with E-state index in [9.17, 15) is 0 Å². The summed E-state index contributed by atoms with van der Waals surface area (Å²) in [5.41, 5.74) is 3.91. The number of hydrogen-bond acceptors (Lipinski definition) is 3. The number of hydrogen-bond donors (Lipinski definition) is 0. The fraction of sp³-hybridized carbons (Fsp3) is 0.579. The van der Waals surface area contributed by atoms with Crippen molar-refractivity contribution >= 4 is 10.9 Å². The Morgan fingerprint density at radius 3 is 2.70 bits per heavy atom. The van der Waals surface area contributed by atoms with E-state index in [-0.39, 0.29) is 5.60 Å². The van der Waals surface area contributed by atoms with E-state index in [1.54, 1.807) is 0 Å². The van der Waals surface area contributed by atoms with E-state index in [4.69, 9.17) is 9.47 Å². The summed E-state index contributed by atoms with van der Waals surface area (Å²) < 4.78 is 14.2. The Morgan fingerprint density at radius 1 is 1.09 bits per heavy atom. The van der Waals surface area contributed by atoms with Crippen LogP contribution in [0.3, 0.4) is 0 Å². The highest BCUT2D eigenvalue weighted by atomic mass is 16.5. The van der Waals surface area contributed by atoms with Crippen LogP contribution in [0, 0.1) is 6.92 Å². The highest BCUT2D eigenvalue weighted by Gasteiger charge is 2.37. The summed E-state index contributed by atoms with van der Waals surface area (Å²) in [5.74, 6) is 0. The van der Waals surface area contributed by atoms with Crippen LogP contribution in [0.25, 0.3) is 10.9 Å². The van der Waals surface area contributed by atoms with Crippen LogP contribution in [0.15, 0.2) is 24.3 Å². The molecule has 0 N–H and O–H groups in total. The number of ether oxygens (including phenoxy) is 2. The molecule has 1 unspecified atom stereocenters. The summed E-state index contributed by atoms with van der Waals surface area (Å²) in [5, 5.41) is 1.37. The monoisotopic (exact) mass is 314 g/mol. The first-order chi connectivity index (χ1) is 11.2. The molecule has 4 heteroatoms. The zero-order valence-electron chi connectivity index (χ0n) is 14.2. The van der Waals surface area contributed by atoms with Gasteiger partial charge in [0, 0.05) is 37.1 Å². The van der Waals surface area contributed by atoms with Gasteiger partial charge in [-0.25, -0.2) is 0 Å². The maximum Gasteiger partial charge on any atom is 0.107 e. The lowest BCUT2D eigenvalue weighted by Crippen LogP contribution is -2.42. The van der Waals surface area contributed by atoms with Crippen molar-refractivity contribution in [3.63, 3.8) is 0 Å². The molecule has 1 saturated heterocycles. The van der Waals surface area contributed by atoms with Gasteiger partial charge in [-0.2, -0.15) is 0 Å². The fourth-order valence-corrected chi connectivity index (χ4v) is 4.21. The molecule has 2 aromatic rings. The average Bonchev–Trinajstić information content (AvgIpc) is 2.89. The molecule has 0 aliphatic carbocycles. The van der Waals surface area contributed by atoms with Gasteiger partial charge in [0.05, 0.1) is 25.5 Å². The SMILES string of the molecule is Cc1c2n(c3ccccc13)CCOC2(C)CCN1CCOCC1. The second kappa shape index (κ2) is 5.93. The van der Waals surface area contributed by atoms with E-state index in [1.165, 1.54) is 22.2 Å². The van der Waals surface area contributed by atoms with Crippen LogP contribution in [0.2, 0.25) is 0 Å². The third-order valence-corrected chi connectivity index (χ3v) is 5.47. The molecule has 2 aliphatic heterocycles. The summed E-state index contributed by atoms with van der Waals surface area (Å²) in [6.45, 7) is 11.1. The minimum atomic E-state index is -0.195. The zero-order chi connectivity index (χ0) is 15.9. The van der Waals surface area contributed by atoms with Gasteiger partial charge in [-0.3, -0.25) is 4.90 Å². The first-order valence-corrected chi connectivity index (χ1v) is 8.71. The van der Waals surface area contributed by atoms with Crippen LogP contribution in [0.5, 0.6) is 0 Å². The summed E-state index contributed by atoms with van der Waals surface area (Å²) in [7, 11) is 0. The molecule has 1 aromatic heterocycles. The second-order valence-electron chi connectivity index (χ2n) is 6.93. The lowest BCUT2D eigenvalue weighted by atomic mass is 9.92. The summed E-state index contributed by atoms with van der Waals surface area (Å²) >= 11 is 0. The lowest BCUT2D eigenvalue weighted by molar-refractivity contribution is -0.0773. The molecule has 0 spiro atoms. The van der Waals surface area contributed by atoms with Gasteiger partial charge in [-0.15, -0.1) is 0 Å². The number of fused-ring (bicyclic) bond motifs is 3. The van der Waals surface area contributed by atoms with Crippen LogP contribution >= 0.6 is 0 Å². The second-order valence-corrected chi connectivity index (χ2v) is 6.93. The molecule has 4 rings (SSSR count). The maximum atomic E-state index is 6.31. The molecule has 1 aromatic carbocycles. The summed E-state index contributed by atoms with van der Waals surface area (Å²) in [6.07, 6.45) is 1.03. The number of nitrogens with zero attached hydrogens (tertiary/aromatic N) is 2. The Kier molecular flexibility index (Phi) is 3.92. The molecular weight excluding hydrogens is 288 g/mol. The predicted molar refractivity (Wildman–Crippen MR) is 91.9 cm³/mol. The molecule has 1 fully saturated rings. The van der Waals surface area contributed by atoms with E-state index < -0.39 is 0 Å². The van der Waals surface area contributed by atoms with Crippen molar-refractivity contribution in [1.29, 1.82) is 0 Å². The lowest BCUT2D eigenvalue weighted by Gasteiger charge is -2.38. The Labute approximate surface area is 138 Å². The largest absolute Gasteiger partial charge is 0.379 e. The van der Waals surface area contributed by atoms with Crippen LogP contribution < -0.4 is 0 Å². The van der Waals surface area contributed by atoms with Gasteiger partial charge in [-0.05, 0) is 31.9 Å². The fourth-order valence-electron chi connectivity index (χ4n) is 4.21. The quantitative estimate of drug-likeness (QED) is 0.871. The van der Waals surface area contributed by atoms with E-state index in [0.29, 0.717) is 0 Å². The normalized spacial score (nSPS) is 25.7. The molecule has 0 radical (unpaired) electrons. The minimum absolute atomic E-state index is 0.195. The molecule has 124 valence electrons. The van der Waals surface area contributed by atoms with E-state index in [2.05, 4.69) is 47.6 Å². The van der Waals surface area contributed by atoms with E-state index in [1.807, 2.05) is 0 Å². The molecule has 0 amide bonds. The average molecular weight is 314 g/mol. The van der Waals surface area contributed by atoms with E-state index in [0.717, 1.165) is 52.4 Å². The number of morpholine rings is 1. The maximum absolute atomic E-state index is 6.31. The van der Waals surface area contributed by atoms with Crippen molar-refractivity contribution in [3.8, 4) is 0 Å². The number of aromatic nitrogens is 1. The van der Waals surface area contributed by atoms with Gasteiger partial charge in [0.2, 0.25) is 0 Å². The van der Waals surface area contributed by atoms with Crippen molar-refractivity contribution in [1.82, 2.24) is 9.47 Å². The molecular formula is C19H26N2O2. The van der Waals surface area contributed by atoms with Crippen LogP contribution in [0.1, 0.15) is 24.6 Å². The molecule has 2 aliphatic rings. The molecule has 0 bridgehead atoms. The van der Waals surface area contributed by atoms with Gasteiger partial charge < -0.3 is 14.0 Å². The Balaban J connectivity index is 1.66. The summed E-state index contributed by atoms with van der Waals surface area (Å²) in [4.78, 5) is 2.50. The molecule has 23 heavy (non-hydrogen) atoms. The van der Waals surface area contributed by atoms with Gasteiger partial charge in [0.25, 0.3) is 0 Å². The van der Waals surface area contributed by atoms with Crippen LogP contribution in [-0.4, -0.2) is 48.9 Å². The zero-order valence-corrected chi connectivity index (χ0v) is 14.2. The first-order valence-electron chi connectivity index (χ1n) is 8.71. The highest BCUT2D eigenvalue weighted by Crippen LogP contribution is 2.40. The molecule has 1 atom stereocenters. The van der Waals surface area contributed by atoms with Crippen molar-refractivity contribution in [3.05, 3.63) is 35.5 Å². The Morgan fingerprint density at radius 2 is 1.87 bits per heavy atom. The number of aryl methyl sites for hydroxylation is 1. The minimum Gasteiger partial charge on any atom is -0.379 e. The molecule has 4 nitrogen and oxygen atoms in total. The van der Waals surface area contributed by atoms with Gasteiger partial charge in [0.1, 0.15) is 5.60 Å². The van der Waals surface area contributed by atoms with Crippen molar-refractivity contribution in [2.75, 3.05) is 39.5 Å². The Hall–Kier alpha value is -1.36. The number of benzene rings is 1. The first kappa shape index (κ1) is 15.2. The topological polar surface area (TPSA) is 26.6 Å². The van der Waals surface area contributed by atoms with Gasteiger partial charge in [-0.1, -0.05) is 18.2 Å². The Bertz CT molecular complexity index is 703. The predicted octanol–water partition coefficient (Wildman–Crippen LogP) is 2.92. The molecule has 0 saturated carbocycles.